The highest BCUT2D eigenvalue weighted by Crippen LogP contribution is 2.69. The molecule has 5 aliphatic rings. The van der Waals surface area contributed by atoms with Gasteiger partial charge in [-0.2, -0.15) is 0 Å². The van der Waals surface area contributed by atoms with Crippen LogP contribution in [-0.2, 0) is 5.41 Å². The number of hydrogen-bond acceptors (Lipinski definition) is 1. The Morgan fingerprint density at radius 3 is 2.02 bits per heavy atom. The molecule has 2 nitrogen and oxygen atoms in total. The van der Waals surface area contributed by atoms with Crippen molar-refractivity contribution in [2.24, 2.45) is 23.7 Å². The third kappa shape index (κ3) is 3.19. The summed E-state index contributed by atoms with van der Waals surface area (Å²) in [5, 5.41) is 4.93. The molecule has 0 atom stereocenters. The van der Waals surface area contributed by atoms with Crippen molar-refractivity contribution in [2.45, 2.75) is 37.5 Å². The van der Waals surface area contributed by atoms with Crippen molar-refractivity contribution in [2.75, 3.05) is 0 Å². The van der Waals surface area contributed by atoms with Gasteiger partial charge in [-0.3, -0.25) is 0 Å². The molecule has 0 amide bonds. The summed E-state index contributed by atoms with van der Waals surface area (Å²) in [6.45, 7) is 0. The van der Waals surface area contributed by atoms with E-state index in [2.05, 4.69) is 126 Å². The molecule has 0 aliphatic heterocycles. The van der Waals surface area contributed by atoms with Gasteiger partial charge in [0.25, 0.3) is 0 Å². The first-order valence-electron chi connectivity index (χ1n) is 17.9. The maximum Gasteiger partial charge on any atom is 0.135 e. The van der Waals surface area contributed by atoms with Gasteiger partial charge in [0, 0.05) is 32.6 Å². The Hall–Kier alpha value is -5.08. The summed E-state index contributed by atoms with van der Waals surface area (Å²) in [6.07, 6.45) is 7.15. The lowest BCUT2D eigenvalue weighted by molar-refractivity contribution is -0.0399. The van der Waals surface area contributed by atoms with Gasteiger partial charge in [-0.25, -0.2) is 0 Å². The van der Waals surface area contributed by atoms with Crippen molar-refractivity contribution in [3.05, 3.63) is 139 Å². The number of hydrogen-bond donors (Lipinski definition) is 0. The van der Waals surface area contributed by atoms with Gasteiger partial charge in [0.1, 0.15) is 11.2 Å². The topological polar surface area (TPSA) is 18.1 Å². The average molecular weight is 618 g/mol. The lowest BCUT2D eigenvalue weighted by atomic mass is 9.43. The largest absolute Gasteiger partial charge is 0.456 e. The summed E-state index contributed by atoms with van der Waals surface area (Å²) < 4.78 is 8.68. The molecule has 230 valence electrons. The predicted molar refractivity (Wildman–Crippen MR) is 197 cm³/mol. The second kappa shape index (κ2) is 9.08. The minimum atomic E-state index is 0.196. The second-order valence-electron chi connectivity index (χ2n) is 15.3. The molecule has 13 rings (SSSR count). The number of benzene rings is 6. The zero-order valence-corrected chi connectivity index (χ0v) is 26.8. The van der Waals surface area contributed by atoms with E-state index >= 15 is 0 Å². The molecule has 5 aliphatic carbocycles. The molecule has 4 saturated carbocycles. The number of fused-ring (bicyclic) bond motifs is 9. The Balaban J connectivity index is 1.07. The van der Waals surface area contributed by atoms with Crippen LogP contribution in [0.25, 0.3) is 71.7 Å². The summed E-state index contributed by atoms with van der Waals surface area (Å²) >= 11 is 0. The van der Waals surface area contributed by atoms with Gasteiger partial charge in [-0.1, -0.05) is 84.9 Å². The van der Waals surface area contributed by atoms with Crippen LogP contribution in [0.1, 0.15) is 43.2 Å². The average Bonchev–Trinajstić information content (AvgIpc) is 3.76. The molecule has 0 N–H and O–H groups in total. The van der Waals surface area contributed by atoms with Crippen LogP contribution in [0.15, 0.2) is 132 Å². The zero-order chi connectivity index (χ0) is 31.1. The molecule has 8 aromatic rings. The molecule has 0 unspecified atom stereocenters. The molecule has 1 spiro atoms. The fourth-order valence-electron chi connectivity index (χ4n) is 11.6. The molecule has 6 aromatic carbocycles. The van der Waals surface area contributed by atoms with Gasteiger partial charge in [0.05, 0.1) is 11.0 Å². The highest BCUT2D eigenvalue weighted by atomic mass is 16.3. The molecule has 0 saturated heterocycles. The van der Waals surface area contributed by atoms with Gasteiger partial charge in [0.15, 0.2) is 0 Å². The fourth-order valence-corrected chi connectivity index (χ4v) is 11.6. The minimum Gasteiger partial charge on any atom is -0.456 e. The van der Waals surface area contributed by atoms with E-state index in [1.807, 2.05) is 6.07 Å². The fraction of sp³-hybridized carbons (Fsp3) is 0.217. The van der Waals surface area contributed by atoms with E-state index in [4.69, 9.17) is 4.42 Å². The normalized spacial score (nSPS) is 25.2. The van der Waals surface area contributed by atoms with Crippen LogP contribution in [0.5, 0.6) is 0 Å². The van der Waals surface area contributed by atoms with Gasteiger partial charge >= 0.3 is 0 Å². The first-order chi connectivity index (χ1) is 23.7. The number of furan rings is 1. The highest BCUT2D eigenvalue weighted by Gasteiger charge is 2.61. The zero-order valence-electron chi connectivity index (χ0n) is 26.8. The van der Waals surface area contributed by atoms with Crippen molar-refractivity contribution in [1.82, 2.24) is 4.57 Å². The van der Waals surface area contributed by atoms with Crippen molar-refractivity contribution in [3.63, 3.8) is 0 Å². The Morgan fingerprint density at radius 1 is 0.479 bits per heavy atom. The summed E-state index contributed by atoms with van der Waals surface area (Å²) in [7, 11) is 0. The summed E-state index contributed by atoms with van der Waals surface area (Å²) in [6, 6.07) is 47.9. The van der Waals surface area contributed by atoms with Crippen LogP contribution in [0.2, 0.25) is 0 Å². The number of para-hydroxylation sites is 2. The summed E-state index contributed by atoms with van der Waals surface area (Å²) in [4.78, 5) is 0. The number of nitrogens with zero attached hydrogens (tertiary/aromatic N) is 1. The summed E-state index contributed by atoms with van der Waals surface area (Å²) in [5.41, 5.74) is 14.4. The maximum atomic E-state index is 6.16. The Kier molecular flexibility index (Phi) is 4.91. The lowest BCUT2D eigenvalue weighted by Crippen LogP contribution is -2.55. The van der Waals surface area contributed by atoms with Crippen LogP contribution in [-0.4, -0.2) is 4.57 Å². The van der Waals surface area contributed by atoms with E-state index < -0.39 is 0 Å². The summed E-state index contributed by atoms with van der Waals surface area (Å²) in [5.74, 6) is 3.46. The molecule has 4 fully saturated rings. The molecule has 0 radical (unpaired) electrons. The van der Waals surface area contributed by atoms with Crippen LogP contribution in [0.3, 0.4) is 0 Å². The molecule has 4 bridgehead atoms. The van der Waals surface area contributed by atoms with E-state index in [1.165, 1.54) is 92.6 Å². The molecule has 2 heterocycles. The van der Waals surface area contributed by atoms with E-state index in [9.17, 15) is 0 Å². The van der Waals surface area contributed by atoms with Crippen LogP contribution in [0, 0.1) is 23.7 Å². The van der Waals surface area contributed by atoms with Crippen molar-refractivity contribution < 1.29 is 4.42 Å². The molecular weight excluding hydrogens is 583 g/mol. The van der Waals surface area contributed by atoms with Crippen LogP contribution < -0.4 is 0 Å². The Morgan fingerprint density at radius 2 is 1.15 bits per heavy atom. The van der Waals surface area contributed by atoms with E-state index in [0.29, 0.717) is 0 Å². The monoisotopic (exact) mass is 617 g/mol. The number of rotatable bonds is 2. The minimum absolute atomic E-state index is 0.196. The molecule has 2 heteroatoms. The highest BCUT2D eigenvalue weighted by molar-refractivity contribution is 6.11. The Bertz CT molecular complexity index is 2620. The van der Waals surface area contributed by atoms with Crippen molar-refractivity contribution in [1.29, 1.82) is 0 Å². The smallest absolute Gasteiger partial charge is 0.135 e. The van der Waals surface area contributed by atoms with E-state index in [1.54, 1.807) is 11.1 Å². The van der Waals surface area contributed by atoms with Crippen molar-refractivity contribution in [3.8, 4) is 27.9 Å². The lowest BCUT2D eigenvalue weighted by Gasteiger charge is -2.61. The molecule has 2 aromatic heterocycles. The predicted octanol–water partition coefficient (Wildman–Crippen LogP) is 12.1. The molecule has 48 heavy (non-hydrogen) atoms. The van der Waals surface area contributed by atoms with Gasteiger partial charge in [-0.05, 0) is 132 Å². The van der Waals surface area contributed by atoms with Gasteiger partial charge < -0.3 is 8.98 Å². The first-order valence-corrected chi connectivity index (χ1v) is 17.9. The SMILES string of the molecule is c1ccc2c(c1)-c1cc(-n3c4ccccc4c4ccc(-c5ccc6oc7ccccc7c6c5)cc43)ccc1C21C2CC3CC(C2)CC1C3. The molecular formula is C46H35NO. The number of aromatic nitrogens is 1. The third-order valence-electron chi connectivity index (χ3n) is 13.2. The van der Waals surface area contributed by atoms with Crippen molar-refractivity contribution >= 4 is 43.7 Å². The first kappa shape index (κ1) is 25.9. The van der Waals surface area contributed by atoms with E-state index in [0.717, 1.165) is 34.8 Å². The van der Waals surface area contributed by atoms with Gasteiger partial charge in [-0.15, -0.1) is 0 Å². The van der Waals surface area contributed by atoms with Gasteiger partial charge in [0.2, 0.25) is 0 Å². The second-order valence-corrected chi connectivity index (χ2v) is 15.3. The third-order valence-corrected chi connectivity index (χ3v) is 13.2. The quantitative estimate of drug-likeness (QED) is 0.189. The van der Waals surface area contributed by atoms with Crippen LogP contribution in [0.4, 0.5) is 0 Å². The Labute approximate surface area is 279 Å². The van der Waals surface area contributed by atoms with Crippen LogP contribution >= 0.6 is 0 Å². The van der Waals surface area contributed by atoms with E-state index in [-0.39, 0.29) is 5.41 Å². The standard InChI is InChI=1S/C46H35NO/c1-4-10-40-34(7-1)38-26-33(15-17-41(38)46(40)31-20-27-19-28(22-31)23-32(46)21-27)47-42-11-5-2-8-35(42)36-16-13-30(25-43(36)47)29-14-18-45-39(24-29)37-9-3-6-12-44(37)48-45/h1-18,24-28,31-32H,19-23H2. The maximum absolute atomic E-state index is 6.16.